The monoisotopic (exact) mass is 437 g/mol. The van der Waals surface area contributed by atoms with Gasteiger partial charge in [0.15, 0.2) is 5.96 Å². The van der Waals surface area contributed by atoms with Crippen LogP contribution in [-0.4, -0.2) is 41.6 Å². The average Bonchev–Trinajstić information content (AvgIpc) is 2.47. The van der Waals surface area contributed by atoms with Crippen molar-refractivity contribution in [3.63, 3.8) is 0 Å². The number of rotatable bonds is 2. The van der Waals surface area contributed by atoms with E-state index in [1.807, 2.05) is 20.8 Å². The zero-order chi connectivity index (χ0) is 16.2. The van der Waals surface area contributed by atoms with E-state index in [1.54, 1.807) is 0 Å². The summed E-state index contributed by atoms with van der Waals surface area (Å²) in [5.41, 5.74) is 5.74. The van der Waals surface area contributed by atoms with E-state index < -0.39 is 5.60 Å². The number of piperidine rings is 1. The first-order chi connectivity index (χ1) is 10.3. The summed E-state index contributed by atoms with van der Waals surface area (Å²) in [4.78, 5) is 19.0. The van der Waals surface area contributed by atoms with Crippen molar-refractivity contribution in [1.29, 1.82) is 0 Å². The number of guanidine groups is 1. The van der Waals surface area contributed by atoms with Crippen LogP contribution in [0.15, 0.2) is 4.99 Å². The smallest absolute Gasteiger partial charge is 0.309 e. The molecule has 6 heteroatoms. The van der Waals surface area contributed by atoms with Gasteiger partial charge < -0.3 is 15.4 Å². The van der Waals surface area contributed by atoms with Crippen LogP contribution in [0.3, 0.4) is 0 Å². The van der Waals surface area contributed by atoms with E-state index in [2.05, 4.69) is 4.90 Å². The third-order valence-corrected chi connectivity index (χ3v) is 4.43. The Hall–Kier alpha value is -0.530. The summed E-state index contributed by atoms with van der Waals surface area (Å²) in [6.07, 6.45) is 7.29. The zero-order valence-corrected chi connectivity index (χ0v) is 17.0. The molecule has 0 radical (unpaired) electrons. The van der Waals surface area contributed by atoms with Crippen molar-refractivity contribution >= 4 is 35.9 Å². The maximum absolute atomic E-state index is 12.1. The molecule has 0 aromatic heterocycles. The molecule has 1 aliphatic heterocycles. The highest BCUT2D eigenvalue weighted by Gasteiger charge is 2.30. The van der Waals surface area contributed by atoms with Crippen LogP contribution in [0.5, 0.6) is 0 Å². The first kappa shape index (κ1) is 20.5. The fourth-order valence-electron chi connectivity index (χ4n) is 3.22. The lowest BCUT2D eigenvalue weighted by Gasteiger charge is -2.31. The lowest BCUT2D eigenvalue weighted by Crippen LogP contribution is -2.42. The van der Waals surface area contributed by atoms with E-state index in [9.17, 15) is 4.79 Å². The molecule has 1 saturated heterocycles. The summed E-state index contributed by atoms with van der Waals surface area (Å²) in [5, 5.41) is 0. The van der Waals surface area contributed by atoms with Gasteiger partial charge in [-0.3, -0.25) is 4.79 Å². The van der Waals surface area contributed by atoms with Crippen LogP contribution < -0.4 is 5.73 Å². The molecule has 0 atom stereocenters. The van der Waals surface area contributed by atoms with Crippen molar-refractivity contribution in [1.82, 2.24) is 4.90 Å². The predicted octanol–water partition coefficient (Wildman–Crippen LogP) is 3.31. The second-order valence-electron chi connectivity index (χ2n) is 7.57. The van der Waals surface area contributed by atoms with Gasteiger partial charge in [-0.25, -0.2) is 4.99 Å². The Balaban J connectivity index is 0.00000264. The van der Waals surface area contributed by atoms with Crippen molar-refractivity contribution in [3.05, 3.63) is 0 Å². The lowest BCUT2D eigenvalue weighted by atomic mass is 9.86. The van der Waals surface area contributed by atoms with Gasteiger partial charge in [-0.1, -0.05) is 0 Å². The maximum atomic E-state index is 12.1. The molecule has 0 bridgehead atoms. The molecule has 0 aromatic rings. The Morgan fingerprint density at radius 2 is 1.65 bits per heavy atom. The van der Waals surface area contributed by atoms with Crippen LogP contribution in [-0.2, 0) is 9.53 Å². The standard InChI is InChI=1S/C17H31N3O2.HI/c1-17(2,3)22-15(21)13-7-9-14(10-8-13)19-16(18)20-11-5-4-6-12-20;/h13-14H,4-12H2,1-3H3,(H2,18,19);1H. The summed E-state index contributed by atoms with van der Waals surface area (Å²) >= 11 is 0. The second kappa shape index (κ2) is 9.08. The van der Waals surface area contributed by atoms with Gasteiger partial charge in [-0.2, -0.15) is 0 Å². The van der Waals surface area contributed by atoms with Crippen molar-refractivity contribution in [3.8, 4) is 0 Å². The Bertz CT molecular complexity index is 407. The molecule has 1 saturated carbocycles. The summed E-state index contributed by atoms with van der Waals surface area (Å²) in [6, 6.07) is 0.264. The summed E-state index contributed by atoms with van der Waals surface area (Å²) < 4.78 is 5.48. The van der Waals surface area contributed by atoms with E-state index in [4.69, 9.17) is 15.5 Å². The largest absolute Gasteiger partial charge is 0.460 e. The molecule has 134 valence electrons. The van der Waals surface area contributed by atoms with Gasteiger partial charge in [0.1, 0.15) is 5.60 Å². The van der Waals surface area contributed by atoms with Crippen LogP contribution >= 0.6 is 24.0 Å². The van der Waals surface area contributed by atoms with Gasteiger partial charge in [0, 0.05) is 13.1 Å². The highest BCUT2D eigenvalue weighted by molar-refractivity contribution is 14.0. The van der Waals surface area contributed by atoms with Crippen LogP contribution in [0.4, 0.5) is 0 Å². The molecule has 0 spiro atoms. The van der Waals surface area contributed by atoms with Crippen LogP contribution in [0.1, 0.15) is 65.7 Å². The number of nitrogens with zero attached hydrogens (tertiary/aromatic N) is 2. The lowest BCUT2D eigenvalue weighted by molar-refractivity contribution is -0.161. The minimum atomic E-state index is -0.398. The van der Waals surface area contributed by atoms with Crippen molar-refractivity contribution in [2.45, 2.75) is 77.4 Å². The third kappa shape index (κ3) is 6.85. The number of esters is 1. The Kier molecular flexibility index (Phi) is 8.10. The van der Waals surface area contributed by atoms with E-state index in [0.29, 0.717) is 5.96 Å². The fourth-order valence-corrected chi connectivity index (χ4v) is 3.22. The Labute approximate surface area is 157 Å². The first-order valence-corrected chi connectivity index (χ1v) is 8.66. The first-order valence-electron chi connectivity index (χ1n) is 8.66. The number of hydrogen-bond acceptors (Lipinski definition) is 3. The van der Waals surface area contributed by atoms with Crippen molar-refractivity contribution < 1.29 is 9.53 Å². The van der Waals surface area contributed by atoms with Gasteiger partial charge in [0.2, 0.25) is 0 Å². The number of nitrogens with two attached hydrogens (primary N) is 1. The SMILES string of the molecule is CC(C)(C)OC(=O)C1CCC(N=C(N)N2CCCCC2)CC1.I. The topological polar surface area (TPSA) is 67.9 Å². The highest BCUT2D eigenvalue weighted by Crippen LogP contribution is 2.28. The number of halogens is 1. The van der Waals surface area contributed by atoms with Crippen molar-refractivity contribution in [2.24, 2.45) is 16.6 Å². The minimum Gasteiger partial charge on any atom is -0.460 e. The molecule has 1 heterocycles. The minimum absolute atomic E-state index is 0. The zero-order valence-electron chi connectivity index (χ0n) is 14.7. The summed E-state index contributed by atoms with van der Waals surface area (Å²) in [7, 11) is 0. The molecule has 2 rings (SSSR count). The van der Waals surface area contributed by atoms with Crippen LogP contribution in [0.2, 0.25) is 0 Å². The molecular formula is C17H32IN3O2. The molecular weight excluding hydrogens is 405 g/mol. The van der Waals surface area contributed by atoms with E-state index in [-0.39, 0.29) is 41.9 Å². The summed E-state index contributed by atoms with van der Waals surface area (Å²) in [5.74, 6) is 0.668. The Morgan fingerprint density at radius 1 is 1.09 bits per heavy atom. The fraction of sp³-hybridized carbons (Fsp3) is 0.882. The molecule has 1 aliphatic carbocycles. The molecule has 0 aromatic carbocycles. The maximum Gasteiger partial charge on any atom is 0.309 e. The number of carbonyl (C=O) groups is 1. The van der Waals surface area contributed by atoms with Gasteiger partial charge in [0.05, 0.1) is 12.0 Å². The van der Waals surface area contributed by atoms with E-state index in [0.717, 1.165) is 38.8 Å². The quantitative estimate of drug-likeness (QED) is 0.312. The molecule has 0 amide bonds. The van der Waals surface area contributed by atoms with Gasteiger partial charge in [0.25, 0.3) is 0 Å². The van der Waals surface area contributed by atoms with E-state index >= 15 is 0 Å². The van der Waals surface area contributed by atoms with Crippen LogP contribution in [0.25, 0.3) is 0 Å². The molecule has 2 N–H and O–H groups in total. The van der Waals surface area contributed by atoms with Gasteiger partial charge in [-0.05, 0) is 65.7 Å². The van der Waals surface area contributed by atoms with Gasteiger partial charge >= 0.3 is 5.97 Å². The number of aliphatic imine (C=N–C) groups is 1. The second-order valence-corrected chi connectivity index (χ2v) is 7.57. The average molecular weight is 437 g/mol. The van der Waals surface area contributed by atoms with E-state index in [1.165, 1.54) is 19.3 Å². The number of likely N-dealkylation sites (tertiary alicyclic amines) is 1. The van der Waals surface area contributed by atoms with Gasteiger partial charge in [-0.15, -0.1) is 24.0 Å². The molecule has 2 aliphatic rings. The molecule has 2 fully saturated rings. The van der Waals surface area contributed by atoms with Crippen LogP contribution in [0, 0.1) is 5.92 Å². The van der Waals surface area contributed by atoms with Crippen molar-refractivity contribution in [2.75, 3.05) is 13.1 Å². The molecule has 5 nitrogen and oxygen atoms in total. The number of ether oxygens (including phenoxy) is 1. The normalized spacial score (nSPS) is 26.4. The number of carbonyl (C=O) groups excluding carboxylic acids is 1. The summed E-state index contributed by atoms with van der Waals surface area (Å²) in [6.45, 7) is 7.81. The number of hydrogen-bond donors (Lipinski definition) is 1. The highest BCUT2D eigenvalue weighted by atomic mass is 127. The molecule has 0 unspecified atom stereocenters. The Morgan fingerprint density at radius 3 is 2.17 bits per heavy atom. The molecule has 23 heavy (non-hydrogen) atoms. The predicted molar refractivity (Wildman–Crippen MR) is 104 cm³/mol. The third-order valence-electron chi connectivity index (χ3n) is 4.43.